The third-order valence-corrected chi connectivity index (χ3v) is 3.25. The van der Waals surface area contributed by atoms with Gasteiger partial charge in [-0.25, -0.2) is 0 Å². The van der Waals surface area contributed by atoms with Crippen molar-refractivity contribution in [3.05, 3.63) is 28.7 Å². The lowest BCUT2D eigenvalue weighted by molar-refractivity contribution is -0.129. The van der Waals surface area contributed by atoms with Crippen molar-refractivity contribution in [1.82, 2.24) is 10.2 Å². The molecule has 0 radical (unpaired) electrons. The molecule has 2 amide bonds. The Bertz CT molecular complexity index is 460. The molecule has 0 aromatic heterocycles. The van der Waals surface area contributed by atoms with Gasteiger partial charge in [0.05, 0.1) is 6.54 Å². The quantitative estimate of drug-likeness (QED) is 0.829. The maximum absolute atomic E-state index is 11.7. The molecule has 0 saturated heterocycles. The third kappa shape index (κ3) is 6.16. The van der Waals surface area contributed by atoms with E-state index in [4.69, 9.17) is 0 Å². The summed E-state index contributed by atoms with van der Waals surface area (Å²) in [6, 6.07) is 7.32. The van der Waals surface area contributed by atoms with Crippen molar-refractivity contribution in [2.75, 3.05) is 26.0 Å². The van der Waals surface area contributed by atoms with Gasteiger partial charge in [0.15, 0.2) is 0 Å². The lowest BCUT2D eigenvalue weighted by atomic mass is 10.2. The molecule has 0 heterocycles. The van der Waals surface area contributed by atoms with Gasteiger partial charge in [-0.05, 0) is 31.2 Å². The molecule has 0 aliphatic carbocycles. The van der Waals surface area contributed by atoms with Gasteiger partial charge in [-0.15, -0.1) is 0 Å². The number of anilines is 1. The number of hydrogen-bond donors (Lipinski definition) is 2. The Balaban J connectivity index is 2.32. The maximum Gasteiger partial charge on any atom is 0.238 e. The van der Waals surface area contributed by atoms with Crippen molar-refractivity contribution in [2.45, 2.75) is 19.4 Å². The molecule has 0 spiro atoms. The Kier molecular flexibility index (Phi) is 6.67. The number of halogens is 1. The fourth-order valence-electron chi connectivity index (χ4n) is 1.52. The van der Waals surface area contributed by atoms with E-state index in [2.05, 4.69) is 26.6 Å². The molecule has 2 N–H and O–H groups in total. The minimum atomic E-state index is -0.128. The summed E-state index contributed by atoms with van der Waals surface area (Å²) in [5.74, 6) is -0.0882. The van der Waals surface area contributed by atoms with E-state index in [-0.39, 0.29) is 24.4 Å². The molecule has 110 valence electrons. The zero-order chi connectivity index (χ0) is 15.1. The van der Waals surface area contributed by atoms with Gasteiger partial charge in [0.25, 0.3) is 0 Å². The summed E-state index contributed by atoms with van der Waals surface area (Å²) >= 11 is 3.34. The molecular weight excluding hydrogens is 322 g/mol. The molecular formula is C14H20BrN3O2. The maximum atomic E-state index is 11.7. The van der Waals surface area contributed by atoms with Crippen LogP contribution in [0.5, 0.6) is 0 Å². The highest BCUT2D eigenvalue weighted by atomic mass is 79.9. The molecule has 5 nitrogen and oxygen atoms in total. The van der Waals surface area contributed by atoms with Crippen molar-refractivity contribution in [3.8, 4) is 0 Å². The van der Waals surface area contributed by atoms with Crippen LogP contribution in [0.1, 0.15) is 13.3 Å². The molecule has 0 bridgehead atoms. The highest BCUT2D eigenvalue weighted by molar-refractivity contribution is 9.10. The smallest absolute Gasteiger partial charge is 0.238 e. The Labute approximate surface area is 127 Å². The molecule has 0 unspecified atom stereocenters. The molecule has 1 aromatic rings. The van der Waals surface area contributed by atoms with Crippen LogP contribution in [0.25, 0.3) is 0 Å². The Morgan fingerprint density at radius 3 is 2.40 bits per heavy atom. The molecule has 1 atom stereocenters. The number of nitrogens with one attached hydrogen (secondary N) is 2. The summed E-state index contributed by atoms with van der Waals surface area (Å²) in [6.07, 6.45) is 0.374. The van der Waals surface area contributed by atoms with E-state index in [1.807, 2.05) is 31.2 Å². The number of benzene rings is 1. The zero-order valence-electron chi connectivity index (χ0n) is 11.9. The second kappa shape index (κ2) is 8.01. The minimum absolute atomic E-state index is 0.0401. The largest absolute Gasteiger partial charge is 0.349 e. The second-order valence-corrected chi connectivity index (χ2v) is 5.74. The Hall–Kier alpha value is -1.40. The van der Waals surface area contributed by atoms with Gasteiger partial charge in [-0.3, -0.25) is 9.59 Å². The highest BCUT2D eigenvalue weighted by Gasteiger charge is 2.11. The van der Waals surface area contributed by atoms with Gasteiger partial charge in [-0.1, -0.05) is 15.9 Å². The summed E-state index contributed by atoms with van der Waals surface area (Å²) in [7, 11) is 3.44. The van der Waals surface area contributed by atoms with Crippen LogP contribution in [0, 0.1) is 0 Å². The van der Waals surface area contributed by atoms with Crippen molar-refractivity contribution < 1.29 is 9.59 Å². The second-order valence-electron chi connectivity index (χ2n) is 4.83. The van der Waals surface area contributed by atoms with Crippen LogP contribution in [0.2, 0.25) is 0 Å². The van der Waals surface area contributed by atoms with Crippen molar-refractivity contribution in [3.63, 3.8) is 0 Å². The minimum Gasteiger partial charge on any atom is -0.349 e. The first-order chi connectivity index (χ1) is 9.38. The first kappa shape index (κ1) is 16.7. The number of rotatable bonds is 6. The molecule has 1 rings (SSSR count). The molecule has 0 aliphatic heterocycles. The molecule has 0 aliphatic rings. The van der Waals surface area contributed by atoms with Crippen LogP contribution in [-0.2, 0) is 9.59 Å². The summed E-state index contributed by atoms with van der Waals surface area (Å²) in [5.41, 5.74) is 0.747. The first-order valence-electron chi connectivity index (χ1n) is 6.37. The highest BCUT2D eigenvalue weighted by Crippen LogP contribution is 2.13. The predicted molar refractivity (Wildman–Crippen MR) is 83.5 cm³/mol. The van der Waals surface area contributed by atoms with E-state index in [0.29, 0.717) is 6.42 Å². The number of hydrogen-bond acceptors (Lipinski definition) is 3. The standard InChI is InChI=1S/C14H20BrN3O2/c1-10(8-14(20)18(2)3)16-9-13(19)17-12-6-4-11(15)5-7-12/h4-7,10,16H,8-9H2,1-3H3,(H,17,19)/t10-/m0/s1. The summed E-state index contributed by atoms with van der Waals surface area (Å²) in [5, 5.41) is 5.81. The number of nitrogens with zero attached hydrogens (tertiary/aromatic N) is 1. The average molecular weight is 342 g/mol. The monoisotopic (exact) mass is 341 g/mol. The first-order valence-corrected chi connectivity index (χ1v) is 7.16. The molecule has 0 fully saturated rings. The Morgan fingerprint density at radius 1 is 1.25 bits per heavy atom. The van der Waals surface area contributed by atoms with Crippen LogP contribution in [0.4, 0.5) is 5.69 Å². The summed E-state index contributed by atoms with van der Waals surface area (Å²) in [4.78, 5) is 24.8. The molecule has 0 saturated carbocycles. The van der Waals surface area contributed by atoms with Crippen LogP contribution < -0.4 is 10.6 Å². The van der Waals surface area contributed by atoms with Crippen molar-refractivity contribution >= 4 is 33.4 Å². The molecule has 6 heteroatoms. The van der Waals surface area contributed by atoms with E-state index in [9.17, 15) is 9.59 Å². The van der Waals surface area contributed by atoms with Crippen LogP contribution >= 0.6 is 15.9 Å². The predicted octanol–water partition coefficient (Wildman–Crippen LogP) is 1.84. The van der Waals surface area contributed by atoms with Crippen LogP contribution in [-0.4, -0.2) is 43.4 Å². The Morgan fingerprint density at radius 2 is 1.85 bits per heavy atom. The SMILES string of the molecule is C[C@@H](CC(=O)N(C)C)NCC(=O)Nc1ccc(Br)cc1. The van der Waals surface area contributed by atoms with Crippen LogP contribution in [0.15, 0.2) is 28.7 Å². The third-order valence-electron chi connectivity index (χ3n) is 2.72. The lowest BCUT2D eigenvalue weighted by Gasteiger charge is -2.16. The normalized spacial score (nSPS) is 11.8. The fraction of sp³-hybridized carbons (Fsp3) is 0.429. The number of carbonyl (C=O) groups excluding carboxylic acids is 2. The van der Waals surface area contributed by atoms with E-state index in [1.165, 1.54) is 0 Å². The van der Waals surface area contributed by atoms with Crippen LogP contribution in [0.3, 0.4) is 0 Å². The summed E-state index contributed by atoms with van der Waals surface area (Å²) in [6.45, 7) is 2.06. The van der Waals surface area contributed by atoms with E-state index >= 15 is 0 Å². The van der Waals surface area contributed by atoms with Gasteiger partial charge in [0.1, 0.15) is 0 Å². The number of carbonyl (C=O) groups is 2. The molecule has 20 heavy (non-hydrogen) atoms. The van der Waals surface area contributed by atoms with Gasteiger partial charge in [-0.2, -0.15) is 0 Å². The van der Waals surface area contributed by atoms with Gasteiger partial charge in [0.2, 0.25) is 11.8 Å². The van der Waals surface area contributed by atoms with Crippen molar-refractivity contribution in [2.24, 2.45) is 0 Å². The molecule has 1 aromatic carbocycles. The topological polar surface area (TPSA) is 61.4 Å². The number of amides is 2. The summed E-state index contributed by atoms with van der Waals surface area (Å²) < 4.78 is 0.962. The van der Waals surface area contributed by atoms with Gasteiger partial charge >= 0.3 is 0 Å². The average Bonchev–Trinajstić information content (AvgIpc) is 2.39. The van der Waals surface area contributed by atoms with E-state index < -0.39 is 0 Å². The van der Waals surface area contributed by atoms with E-state index in [1.54, 1.807) is 19.0 Å². The van der Waals surface area contributed by atoms with Crippen molar-refractivity contribution in [1.29, 1.82) is 0 Å². The lowest BCUT2D eigenvalue weighted by Crippen LogP contribution is -2.37. The van der Waals surface area contributed by atoms with Gasteiger partial charge in [0, 0.05) is 36.7 Å². The van der Waals surface area contributed by atoms with E-state index in [0.717, 1.165) is 10.2 Å². The van der Waals surface area contributed by atoms with Gasteiger partial charge < -0.3 is 15.5 Å². The zero-order valence-corrected chi connectivity index (χ0v) is 13.5. The fourth-order valence-corrected chi connectivity index (χ4v) is 1.79.